The van der Waals surface area contributed by atoms with Crippen molar-refractivity contribution >= 4 is 11.6 Å². The monoisotopic (exact) mass is 383 g/mol. The van der Waals surface area contributed by atoms with Gasteiger partial charge in [-0.25, -0.2) is 0 Å². The molecule has 1 aromatic carbocycles. The molecule has 1 saturated heterocycles. The van der Waals surface area contributed by atoms with Crippen molar-refractivity contribution in [1.29, 1.82) is 0 Å². The quantitative estimate of drug-likeness (QED) is 0.805. The summed E-state index contributed by atoms with van der Waals surface area (Å²) < 4.78 is 12.6. The summed E-state index contributed by atoms with van der Waals surface area (Å²) in [6.45, 7) is 3.34. The van der Waals surface area contributed by atoms with Gasteiger partial charge in [0.25, 0.3) is 11.5 Å². The molecule has 1 fully saturated rings. The number of fused-ring (bicyclic) bond motifs is 1. The number of pyridine rings is 1. The van der Waals surface area contributed by atoms with Crippen LogP contribution >= 0.6 is 0 Å². The average molecular weight is 383 g/mol. The van der Waals surface area contributed by atoms with E-state index in [0.29, 0.717) is 30.9 Å². The number of anilines is 1. The van der Waals surface area contributed by atoms with Crippen LogP contribution in [-0.4, -0.2) is 55.8 Å². The van der Waals surface area contributed by atoms with Gasteiger partial charge >= 0.3 is 0 Å². The van der Waals surface area contributed by atoms with Gasteiger partial charge < -0.3 is 23.8 Å². The Hall–Kier alpha value is -2.96. The lowest BCUT2D eigenvalue weighted by atomic mass is 10.1. The molecular formula is C21H25N3O4. The number of para-hydroxylation sites is 2. The van der Waals surface area contributed by atoms with E-state index in [4.69, 9.17) is 9.47 Å². The number of carbonyl (C=O) groups is 1. The highest BCUT2D eigenvalue weighted by Gasteiger charge is 2.30. The lowest BCUT2D eigenvalue weighted by Crippen LogP contribution is -2.49. The molecule has 0 aliphatic carbocycles. The van der Waals surface area contributed by atoms with E-state index in [2.05, 4.69) is 4.90 Å². The van der Waals surface area contributed by atoms with Crippen molar-refractivity contribution < 1.29 is 14.3 Å². The zero-order valence-electron chi connectivity index (χ0n) is 16.3. The smallest absolute Gasteiger partial charge is 0.259 e. The summed E-state index contributed by atoms with van der Waals surface area (Å²) in [5, 5.41) is 0. The number of methoxy groups -OCH3 is 2. The van der Waals surface area contributed by atoms with Gasteiger partial charge in [-0.15, -0.1) is 0 Å². The van der Waals surface area contributed by atoms with Crippen molar-refractivity contribution in [2.75, 3.05) is 45.3 Å². The lowest BCUT2D eigenvalue weighted by Gasteiger charge is -2.37. The molecule has 2 aliphatic heterocycles. The highest BCUT2D eigenvalue weighted by Crippen LogP contribution is 2.30. The van der Waals surface area contributed by atoms with Crippen molar-refractivity contribution in [3.8, 4) is 11.5 Å². The molecule has 148 valence electrons. The third-order valence-electron chi connectivity index (χ3n) is 5.60. The minimum absolute atomic E-state index is 0.0535. The molecule has 0 saturated carbocycles. The van der Waals surface area contributed by atoms with Gasteiger partial charge in [-0.05, 0) is 25.0 Å². The average Bonchev–Trinajstić information content (AvgIpc) is 3.23. The minimum atomic E-state index is -0.0955. The number of nitrogens with zero attached hydrogens (tertiary/aromatic N) is 3. The van der Waals surface area contributed by atoms with Gasteiger partial charge in [-0.1, -0.05) is 12.1 Å². The van der Waals surface area contributed by atoms with Crippen LogP contribution in [0, 0.1) is 0 Å². The van der Waals surface area contributed by atoms with E-state index in [-0.39, 0.29) is 11.5 Å². The van der Waals surface area contributed by atoms with Crippen molar-refractivity contribution in [3.05, 3.63) is 51.9 Å². The standard InChI is InChI=1S/C21H25N3O4/c1-27-17-8-4-3-6-15(17)22-10-12-23(13-11-22)21(26)20-16-7-5-9-24(16)19(25)14-18(20)28-2/h3-4,6,8,14H,5,7,9-13H2,1-2H3. The fraction of sp³-hybridized carbons (Fsp3) is 0.429. The zero-order valence-corrected chi connectivity index (χ0v) is 16.3. The Labute approximate surface area is 164 Å². The molecule has 2 aliphatic rings. The number of hydrogen-bond acceptors (Lipinski definition) is 5. The molecular weight excluding hydrogens is 358 g/mol. The van der Waals surface area contributed by atoms with Crippen LogP contribution in [0.15, 0.2) is 35.1 Å². The van der Waals surface area contributed by atoms with E-state index in [0.717, 1.165) is 43.1 Å². The normalized spacial score (nSPS) is 16.1. The first-order valence-electron chi connectivity index (χ1n) is 9.62. The third kappa shape index (κ3) is 3.10. The first-order chi connectivity index (χ1) is 13.6. The number of aromatic nitrogens is 1. The largest absolute Gasteiger partial charge is 0.496 e. The van der Waals surface area contributed by atoms with E-state index < -0.39 is 0 Å². The Bertz CT molecular complexity index is 945. The second-order valence-electron chi connectivity index (χ2n) is 7.08. The number of piperazine rings is 1. The zero-order chi connectivity index (χ0) is 19.7. The van der Waals surface area contributed by atoms with E-state index in [1.165, 1.54) is 13.2 Å². The molecule has 1 amide bonds. The molecule has 4 rings (SSSR count). The van der Waals surface area contributed by atoms with Crippen molar-refractivity contribution in [2.45, 2.75) is 19.4 Å². The molecule has 7 heteroatoms. The Morgan fingerprint density at radius 3 is 2.39 bits per heavy atom. The Kier molecular flexibility index (Phi) is 4.98. The predicted molar refractivity (Wildman–Crippen MR) is 107 cm³/mol. The van der Waals surface area contributed by atoms with E-state index in [1.807, 2.05) is 29.2 Å². The van der Waals surface area contributed by atoms with Crippen LogP contribution in [0.5, 0.6) is 11.5 Å². The number of amides is 1. The summed E-state index contributed by atoms with van der Waals surface area (Å²) >= 11 is 0. The molecule has 0 radical (unpaired) electrons. The fourth-order valence-electron chi connectivity index (χ4n) is 4.17. The molecule has 7 nitrogen and oxygen atoms in total. The van der Waals surface area contributed by atoms with Crippen LogP contribution in [-0.2, 0) is 13.0 Å². The first kappa shape index (κ1) is 18.4. The number of carbonyl (C=O) groups excluding carboxylic acids is 1. The van der Waals surface area contributed by atoms with Crippen LogP contribution in [0.25, 0.3) is 0 Å². The number of hydrogen-bond donors (Lipinski definition) is 0. The van der Waals surface area contributed by atoms with Crippen LogP contribution in [0.3, 0.4) is 0 Å². The Morgan fingerprint density at radius 2 is 1.68 bits per heavy atom. The summed E-state index contributed by atoms with van der Waals surface area (Å²) in [4.78, 5) is 29.6. The van der Waals surface area contributed by atoms with Crippen molar-refractivity contribution in [2.24, 2.45) is 0 Å². The van der Waals surface area contributed by atoms with Gasteiger partial charge in [-0.2, -0.15) is 0 Å². The maximum Gasteiger partial charge on any atom is 0.259 e. The lowest BCUT2D eigenvalue weighted by molar-refractivity contribution is 0.0741. The van der Waals surface area contributed by atoms with Crippen molar-refractivity contribution in [1.82, 2.24) is 9.47 Å². The first-order valence-corrected chi connectivity index (χ1v) is 9.62. The molecule has 0 bridgehead atoms. The van der Waals surface area contributed by atoms with Gasteiger partial charge in [-0.3, -0.25) is 9.59 Å². The highest BCUT2D eigenvalue weighted by molar-refractivity contribution is 5.98. The fourth-order valence-corrected chi connectivity index (χ4v) is 4.17. The molecule has 0 atom stereocenters. The second kappa shape index (κ2) is 7.58. The summed E-state index contributed by atoms with van der Waals surface area (Å²) in [6, 6.07) is 9.36. The summed E-state index contributed by atoms with van der Waals surface area (Å²) in [5.74, 6) is 1.17. The summed E-state index contributed by atoms with van der Waals surface area (Å²) in [7, 11) is 3.18. The van der Waals surface area contributed by atoms with E-state index >= 15 is 0 Å². The maximum absolute atomic E-state index is 13.3. The molecule has 0 unspecified atom stereocenters. The van der Waals surface area contributed by atoms with E-state index in [9.17, 15) is 9.59 Å². The summed E-state index contributed by atoms with van der Waals surface area (Å²) in [5.41, 5.74) is 2.30. The van der Waals surface area contributed by atoms with Crippen LogP contribution in [0.1, 0.15) is 22.5 Å². The molecule has 1 aromatic heterocycles. The number of rotatable bonds is 4. The van der Waals surface area contributed by atoms with E-state index in [1.54, 1.807) is 11.7 Å². The second-order valence-corrected chi connectivity index (χ2v) is 7.08. The Morgan fingerprint density at radius 1 is 0.964 bits per heavy atom. The topological polar surface area (TPSA) is 64.0 Å². The van der Waals surface area contributed by atoms with Gasteiger partial charge in [0.1, 0.15) is 17.1 Å². The predicted octanol–water partition coefficient (Wildman–Crippen LogP) is 1.77. The van der Waals surface area contributed by atoms with Gasteiger partial charge in [0.05, 0.1) is 19.9 Å². The highest BCUT2D eigenvalue weighted by atomic mass is 16.5. The van der Waals surface area contributed by atoms with Crippen LogP contribution < -0.4 is 19.9 Å². The van der Waals surface area contributed by atoms with Gasteiger partial charge in [0, 0.05) is 44.5 Å². The van der Waals surface area contributed by atoms with Crippen LogP contribution in [0.2, 0.25) is 0 Å². The molecule has 0 spiro atoms. The molecule has 2 aromatic rings. The Balaban J connectivity index is 1.56. The molecule has 28 heavy (non-hydrogen) atoms. The van der Waals surface area contributed by atoms with Crippen molar-refractivity contribution in [3.63, 3.8) is 0 Å². The third-order valence-corrected chi connectivity index (χ3v) is 5.60. The molecule has 3 heterocycles. The number of ether oxygens (including phenoxy) is 2. The van der Waals surface area contributed by atoms with Gasteiger partial charge in [0.15, 0.2) is 0 Å². The van der Waals surface area contributed by atoms with Gasteiger partial charge in [0.2, 0.25) is 0 Å². The maximum atomic E-state index is 13.3. The molecule has 0 N–H and O–H groups in total. The summed E-state index contributed by atoms with van der Waals surface area (Å²) in [6.07, 6.45) is 1.61. The minimum Gasteiger partial charge on any atom is -0.496 e. The number of benzene rings is 1. The SMILES string of the molecule is COc1ccccc1N1CCN(C(=O)c2c(OC)cc(=O)n3c2CCC3)CC1. The van der Waals surface area contributed by atoms with Crippen LogP contribution in [0.4, 0.5) is 5.69 Å².